The van der Waals surface area contributed by atoms with Crippen LogP contribution in [-0.2, 0) is 13.0 Å². The lowest BCUT2D eigenvalue weighted by atomic mass is 10.1. The average molecular weight is 401 g/mol. The van der Waals surface area contributed by atoms with Crippen LogP contribution >= 0.6 is 15.9 Å². The summed E-state index contributed by atoms with van der Waals surface area (Å²) in [5.41, 5.74) is 3.33. The van der Waals surface area contributed by atoms with E-state index >= 15 is 0 Å². The van der Waals surface area contributed by atoms with Crippen LogP contribution in [0.1, 0.15) is 29.7 Å². The molecule has 2 rings (SSSR count). The van der Waals surface area contributed by atoms with E-state index in [0.717, 1.165) is 41.5 Å². The summed E-state index contributed by atoms with van der Waals surface area (Å²) < 4.78 is 1.01. The Morgan fingerprint density at radius 2 is 2.24 bits per heavy atom. The third-order valence-corrected chi connectivity index (χ3v) is 4.04. The molecule has 0 bridgehead atoms. The molecule has 0 aromatic carbocycles. The first-order valence-electron chi connectivity index (χ1n) is 8.12. The Hall–Kier alpha value is -2.46. The Bertz CT molecular complexity index is 739. The van der Waals surface area contributed by atoms with Crippen LogP contribution < -0.4 is 10.6 Å². The fourth-order valence-electron chi connectivity index (χ4n) is 2.31. The van der Waals surface area contributed by atoms with Gasteiger partial charge >= 0.3 is 0 Å². The molecule has 0 aliphatic heterocycles. The van der Waals surface area contributed by atoms with E-state index in [4.69, 9.17) is 5.26 Å². The predicted octanol–water partition coefficient (Wildman–Crippen LogP) is 3.09. The van der Waals surface area contributed by atoms with Crippen molar-refractivity contribution < 1.29 is 0 Å². The van der Waals surface area contributed by atoms with Gasteiger partial charge in [0.05, 0.1) is 6.54 Å². The van der Waals surface area contributed by atoms with Crippen molar-refractivity contribution in [2.24, 2.45) is 4.99 Å². The number of aromatic nitrogens is 2. The number of halogens is 1. The summed E-state index contributed by atoms with van der Waals surface area (Å²) in [5, 5.41) is 14.6. The summed E-state index contributed by atoms with van der Waals surface area (Å²) >= 11 is 3.43. The number of hydrogen-bond donors (Lipinski definition) is 2. The molecule has 0 spiro atoms. The molecule has 130 valence electrons. The highest BCUT2D eigenvalue weighted by molar-refractivity contribution is 9.10. The molecular formula is C18H21BrN6. The third kappa shape index (κ3) is 6.89. The molecule has 2 N–H and O–H groups in total. The van der Waals surface area contributed by atoms with E-state index in [0.29, 0.717) is 12.5 Å². The van der Waals surface area contributed by atoms with Crippen LogP contribution in [0.15, 0.2) is 46.3 Å². The minimum Gasteiger partial charge on any atom is -0.356 e. The predicted molar refractivity (Wildman–Crippen MR) is 102 cm³/mol. The Labute approximate surface area is 156 Å². The zero-order valence-electron chi connectivity index (χ0n) is 14.2. The van der Waals surface area contributed by atoms with Crippen molar-refractivity contribution in [2.75, 3.05) is 6.54 Å². The van der Waals surface area contributed by atoms with Crippen molar-refractivity contribution in [1.29, 1.82) is 5.26 Å². The number of aryl methyl sites for hydroxylation is 2. The van der Waals surface area contributed by atoms with Crippen LogP contribution in [0.5, 0.6) is 0 Å². The molecule has 0 saturated heterocycles. The highest BCUT2D eigenvalue weighted by Crippen LogP contribution is 2.14. The van der Waals surface area contributed by atoms with Crippen LogP contribution in [0.4, 0.5) is 0 Å². The zero-order valence-corrected chi connectivity index (χ0v) is 15.8. The van der Waals surface area contributed by atoms with Crippen molar-refractivity contribution in [3.63, 3.8) is 0 Å². The fourth-order valence-corrected chi connectivity index (χ4v) is 2.76. The van der Waals surface area contributed by atoms with Gasteiger partial charge in [-0.2, -0.15) is 5.26 Å². The molecule has 0 unspecified atom stereocenters. The van der Waals surface area contributed by atoms with Gasteiger partial charge in [-0.05, 0) is 65.4 Å². The molecule has 0 amide bonds. The highest BCUT2D eigenvalue weighted by atomic mass is 79.9. The number of pyridine rings is 2. The lowest BCUT2D eigenvalue weighted by Gasteiger charge is -2.09. The second kappa shape index (κ2) is 10.4. The minimum absolute atomic E-state index is 0.479. The van der Waals surface area contributed by atoms with Crippen molar-refractivity contribution in [3.05, 3.63) is 58.1 Å². The summed E-state index contributed by atoms with van der Waals surface area (Å²) in [5.74, 6) is 0.490. The SMILES string of the molecule is Cc1cc(Br)cnc1CCCCNC(=NCc1cccnc1)NC#N. The molecule has 0 saturated carbocycles. The second-order valence-electron chi connectivity index (χ2n) is 5.56. The zero-order chi connectivity index (χ0) is 17.9. The first-order chi connectivity index (χ1) is 12.2. The molecule has 2 heterocycles. The topological polar surface area (TPSA) is 86.0 Å². The summed E-state index contributed by atoms with van der Waals surface area (Å²) in [6.45, 7) is 3.30. The van der Waals surface area contributed by atoms with E-state index in [9.17, 15) is 0 Å². The molecule has 0 fully saturated rings. The van der Waals surface area contributed by atoms with Gasteiger partial charge in [-0.25, -0.2) is 4.99 Å². The van der Waals surface area contributed by atoms with Gasteiger partial charge in [-0.1, -0.05) is 6.07 Å². The Morgan fingerprint density at radius 3 is 2.96 bits per heavy atom. The lowest BCUT2D eigenvalue weighted by molar-refractivity contribution is 0.691. The molecule has 0 aliphatic rings. The average Bonchev–Trinajstić information content (AvgIpc) is 2.62. The third-order valence-electron chi connectivity index (χ3n) is 3.60. The smallest absolute Gasteiger partial charge is 0.205 e. The Kier molecular flexibility index (Phi) is 7.86. The molecule has 0 radical (unpaired) electrons. The largest absolute Gasteiger partial charge is 0.356 e. The minimum atomic E-state index is 0.479. The fraction of sp³-hybridized carbons (Fsp3) is 0.333. The van der Waals surface area contributed by atoms with E-state index in [1.54, 1.807) is 12.4 Å². The molecular weight excluding hydrogens is 380 g/mol. The maximum atomic E-state index is 8.83. The van der Waals surface area contributed by atoms with Crippen molar-refractivity contribution >= 4 is 21.9 Å². The molecule has 7 heteroatoms. The van der Waals surface area contributed by atoms with Crippen LogP contribution in [0, 0.1) is 18.4 Å². The van der Waals surface area contributed by atoms with E-state index in [-0.39, 0.29) is 0 Å². The number of nitrogens with one attached hydrogen (secondary N) is 2. The van der Waals surface area contributed by atoms with Crippen LogP contribution in [-0.4, -0.2) is 22.5 Å². The Balaban J connectivity index is 1.74. The highest BCUT2D eigenvalue weighted by Gasteiger charge is 2.02. The summed E-state index contributed by atoms with van der Waals surface area (Å²) in [6, 6.07) is 5.91. The molecule has 0 atom stereocenters. The summed E-state index contributed by atoms with van der Waals surface area (Å²) in [4.78, 5) is 12.9. The monoisotopic (exact) mass is 400 g/mol. The summed E-state index contributed by atoms with van der Waals surface area (Å²) in [6.07, 6.45) is 10.2. The Morgan fingerprint density at radius 1 is 1.36 bits per heavy atom. The van der Waals surface area contributed by atoms with E-state index in [1.807, 2.05) is 24.5 Å². The first-order valence-corrected chi connectivity index (χ1v) is 8.91. The number of rotatable bonds is 7. The van der Waals surface area contributed by atoms with Crippen molar-refractivity contribution in [1.82, 2.24) is 20.6 Å². The van der Waals surface area contributed by atoms with Crippen molar-refractivity contribution in [3.8, 4) is 6.19 Å². The second-order valence-corrected chi connectivity index (χ2v) is 6.48. The van der Waals surface area contributed by atoms with E-state index in [1.165, 1.54) is 5.56 Å². The number of aliphatic imine (C=N–C) groups is 1. The maximum Gasteiger partial charge on any atom is 0.205 e. The quantitative estimate of drug-likeness (QED) is 0.245. The number of nitriles is 1. The summed E-state index contributed by atoms with van der Waals surface area (Å²) in [7, 11) is 0. The number of unbranched alkanes of at least 4 members (excludes halogenated alkanes) is 1. The molecule has 0 aliphatic carbocycles. The van der Waals surface area contributed by atoms with Crippen LogP contribution in [0.3, 0.4) is 0 Å². The maximum absolute atomic E-state index is 8.83. The standard InChI is InChI=1S/C18H21BrN6/c1-14-9-16(19)12-23-17(14)6-2-3-8-22-18(25-13-20)24-11-15-5-4-7-21-10-15/h4-5,7,9-10,12H,2-3,6,8,11H2,1H3,(H2,22,24,25). The normalized spacial score (nSPS) is 11.0. The number of guanidine groups is 1. The van der Waals surface area contributed by atoms with Gasteiger partial charge in [0.15, 0.2) is 6.19 Å². The van der Waals surface area contributed by atoms with E-state index < -0.39 is 0 Å². The van der Waals surface area contributed by atoms with Gasteiger partial charge in [-0.15, -0.1) is 0 Å². The van der Waals surface area contributed by atoms with Crippen LogP contribution in [0.2, 0.25) is 0 Å². The molecule has 2 aromatic rings. The van der Waals surface area contributed by atoms with Gasteiger partial charge in [-0.3, -0.25) is 15.3 Å². The van der Waals surface area contributed by atoms with Gasteiger partial charge in [0.25, 0.3) is 0 Å². The lowest BCUT2D eigenvalue weighted by Crippen LogP contribution is -2.35. The van der Waals surface area contributed by atoms with Crippen molar-refractivity contribution in [2.45, 2.75) is 32.7 Å². The number of nitrogens with zero attached hydrogens (tertiary/aromatic N) is 4. The van der Waals surface area contributed by atoms with Gasteiger partial charge < -0.3 is 5.32 Å². The molecule has 2 aromatic heterocycles. The van der Waals surface area contributed by atoms with E-state index in [2.05, 4.69) is 54.5 Å². The van der Waals surface area contributed by atoms with Gasteiger partial charge in [0.2, 0.25) is 5.96 Å². The first kappa shape index (κ1) is 18.9. The molecule has 6 nitrogen and oxygen atoms in total. The van der Waals surface area contributed by atoms with Crippen LogP contribution in [0.25, 0.3) is 0 Å². The van der Waals surface area contributed by atoms with Gasteiger partial charge in [0, 0.05) is 35.3 Å². The van der Waals surface area contributed by atoms with Gasteiger partial charge in [0.1, 0.15) is 0 Å². The molecule has 25 heavy (non-hydrogen) atoms. The number of hydrogen-bond acceptors (Lipinski definition) is 4.